The van der Waals surface area contributed by atoms with E-state index in [-0.39, 0.29) is 5.92 Å². The van der Waals surface area contributed by atoms with Crippen molar-refractivity contribution in [3.05, 3.63) is 34.9 Å². The summed E-state index contributed by atoms with van der Waals surface area (Å²) >= 11 is 5.94. The number of primary amides is 1. The number of benzene rings is 1. The molecule has 2 unspecified atom stereocenters. The van der Waals surface area contributed by atoms with Gasteiger partial charge in [0.1, 0.15) is 6.10 Å². The van der Waals surface area contributed by atoms with Crippen molar-refractivity contribution in [1.82, 2.24) is 4.90 Å². The Kier molecular flexibility index (Phi) is 9.19. The summed E-state index contributed by atoms with van der Waals surface area (Å²) in [5, 5.41) is 17.6. The highest BCUT2D eigenvalue weighted by molar-refractivity contribution is 6.30. The van der Waals surface area contributed by atoms with Crippen molar-refractivity contribution in [2.75, 3.05) is 13.1 Å². The molecule has 1 heterocycles. The second-order valence-corrected chi connectivity index (χ2v) is 6.94. The Morgan fingerprint density at radius 2 is 1.71 bits per heavy atom. The zero-order chi connectivity index (χ0) is 21.5. The number of carboxylic acid groups (broad SMARTS) is 1. The lowest BCUT2D eigenvalue weighted by Crippen LogP contribution is -2.43. The molecule has 0 aliphatic carbocycles. The van der Waals surface area contributed by atoms with Gasteiger partial charge in [-0.1, -0.05) is 30.7 Å². The zero-order valence-corrected chi connectivity index (χ0v) is 16.1. The first kappa shape index (κ1) is 24.2. The van der Waals surface area contributed by atoms with Gasteiger partial charge in [-0.25, -0.2) is 4.79 Å². The fourth-order valence-corrected chi connectivity index (χ4v) is 3.29. The van der Waals surface area contributed by atoms with E-state index in [0.717, 1.165) is 37.4 Å². The van der Waals surface area contributed by atoms with Crippen LogP contribution in [0.4, 0.5) is 13.2 Å². The maximum atomic E-state index is 11.1. The number of rotatable bonds is 5. The molecule has 6 nitrogen and oxygen atoms in total. The molecule has 1 aliphatic heterocycles. The number of carbonyl (C=O) groups excluding carboxylic acids is 1. The molecule has 158 valence electrons. The molecular weight excluding hydrogens is 401 g/mol. The van der Waals surface area contributed by atoms with Gasteiger partial charge >= 0.3 is 12.1 Å². The van der Waals surface area contributed by atoms with Crippen molar-refractivity contribution in [3.63, 3.8) is 0 Å². The summed E-state index contributed by atoms with van der Waals surface area (Å²) in [5.74, 6) is -3.38. The molecule has 2 rings (SSSR count). The fraction of sp³-hybridized carbons (Fsp3) is 0.556. The summed E-state index contributed by atoms with van der Waals surface area (Å²) in [6.45, 7) is 3.91. The summed E-state index contributed by atoms with van der Waals surface area (Å²) < 4.78 is 31.7. The van der Waals surface area contributed by atoms with Gasteiger partial charge in [-0.05, 0) is 56.0 Å². The number of likely N-dealkylation sites (tertiary alicyclic amines) is 1. The molecule has 2 atom stereocenters. The molecule has 10 heteroatoms. The molecule has 1 amide bonds. The average Bonchev–Trinajstić information content (AvgIpc) is 2.63. The third-order valence-electron chi connectivity index (χ3n) is 4.64. The number of piperidine rings is 1. The molecule has 1 aromatic carbocycles. The van der Waals surface area contributed by atoms with Crippen molar-refractivity contribution < 1.29 is 33.0 Å². The van der Waals surface area contributed by atoms with Gasteiger partial charge < -0.3 is 15.9 Å². The Morgan fingerprint density at radius 1 is 1.25 bits per heavy atom. The number of carboxylic acids is 1. The first-order valence-corrected chi connectivity index (χ1v) is 9.12. The van der Waals surface area contributed by atoms with Gasteiger partial charge in [0.05, 0.1) is 0 Å². The summed E-state index contributed by atoms with van der Waals surface area (Å²) in [7, 11) is 0. The average molecular weight is 425 g/mol. The second kappa shape index (κ2) is 10.6. The van der Waals surface area contributed by atoms with Crippen molar-refractivity contribution in [2.45, 2.75) is 44.5 Å². The van der Waals surface area contributed by atoms with Gasteiger partial charge in [-0.3, -0.25) is 9.69 Å². The van der Waals surface area contributed by atoms with Gasteiger partial charge in [0.2, 0.25) is 5.91 Å². The minimum absolute atomic E-state index is 0.0125. The van der Waals surface area contributed by atoms with E-state index in [4.69, 9.17) is 27.2 Å². The quantitative estimate of drug-likeness (QED) is 0.674. The van der Waals surface area contributed by atoms with Crippen LogP contribution in [0.3, 0.4) is 0 Å². The lowest BCUT2D eigenvalue weighted by Gasteiger charge is -2.38. The van der Waals surface area contributed by atoms with Crippen LogP contribution in [0.1, 0.15) is 37.8 Å². The molecular formula is C18H24ClF3N2O4. The van der Waals surface area contributed by atoms with Crippen LogP contribution in [-0.2, 0) is 9.59 Å². The minimum atomic E-state index is -5.08. The molecule has 28 heavy (non-hydrogen) atoms. The largest absolute Gasteiger partial charge is 0.490 e. The number of aliphatic hydroxyl groups excluding tert-OH is 1. The molecule has 0 aromatic heterocycles. The van der Waals surface area contributed by atoms with E-state index in [1.165, 1.54) is 5.56 Å². The van der Waals surface area contributed by atoms with Crippen LogP contribution in [0.25, 0.3) is 0 Å². The van der Waals surface area contributed by atoms with Crippen LogP contribution < -0.4 is 5.73 Å². The van der Waals surface area contributed by atoms with Crippen molar-refractivity contribution >= 4 is 23.5 Å². The first-order chi connectivity index (χ1) is 13.0. The number of aliphatic hydroxyl groups is 1. The van der Waals surface area contributed by atoms with Gasteiger partial charge in [-0.2, -0.15) is 13.2 Å². The summed E-state index contributed by atoms with van der Waals surface area (Å²) in [6, 6.07) is 8.34. The highest BCUT2D eigenvalue weighted by Crippen LogP contribution is 2.30. The number of nitrogens with two attached hydrogens (primary N) is 1. The second-order valence-electron chi connectivity index (χ2n) is 6.50. The summed E-state index contributed by atoms with van der Waals surface area (Å²) in [4.78, 5) is 22.4. The molecule has 1 aromatic rings. The van der Waals surface area contributed by atoms with Crippen molar-refractivity contribution in [2.24, 2.45) is 11.7 Å². The number of alkyl halides is 3. The number of carbonyl (C=O) groups is 2. The van der Waals surface area contributed by atoms with Gasteiger partial charge in [-0.15, -0.1) is 0 Å². The summed E-state index contributed by atoms with van der Waals surface area (Å²) in [5.41, 5.74) is 6.44. The third kappa shape index (κ3) is 7.29. The fourth-order valence-electron chi connectivity index (χ4n) is 3.17. The van der Waals surface area contributed by atoms with Gasteiger partial charge in [0.15, 0.2) is 0 Å². The number of hydrogen-bond acceptors (Lipinski definition) is 4. The van der Waals surface area contributed by atoms with E-state index in [0.29, 0.717) is 6.04 Å². The number of hydrogen-bond donors (Lipinski definition) is 3. The topological polar surface area (TPSA) is 104 Å². The smallest absolute Gasteiger partial charge is 0.475 e. The molecule has 1 saturated heterocycles. The van der Waals surface area contributed by atoms with Crippen LogP contribution in [0.2, 0.25) is 5.02 Å². The van der Waals surface area contributed by atoms with Crippen LogP contribution >= 0.6 is 11.6 Å². The Balaban J connectivity index is 0.000000480. The number of amides is 1. The lowest BCUT2D eigenvalue weighted by molar-refractivity contribution is -0.192. The standard InChI is InChI=1S/C16H23ClN2O2.C2HF3O2/c1-2-14(11-3-5-13(17)6-4-11)19-9-7-12(8-10-19)15(20)16(18)21;3-2(4,5)1(6)7/h3-6,12,14-15,20H,2,7-10H2,1H3,(H2,18,21);(H,6,7). The van der Waals surface area contributed by atoms with Crippen LogP contribution in [0.5, 0.6) is 0 Å². The van der Waals surface area contributed by atoms with E-state index < -0.39 is 24.2 Å². The maximum Gasteiger partial charge on any atom is 0.490 e. The van der Waals surface area contributed by atoms with Crippen molar-refractivity contribution in [3.8, 4) is 0 Å². The molecule has 0 radical (unpaired) electrons. The lowest BCUT2D eigenvalue weighted by atomic mass is 9.89. The Bertz CT molecular complexity index is 647. The first-order valence-electron chi connectivity index (χ1n) is 8.74. The van der Waals surface area contributed by atoms with E-state index in [1.807, 2.05) is 12.1 Å². The molecule has 1 aliphatic rings. The monoisotopic (exact) mass is 424 g/mol. The highest BCUT2D eigenvalue weighted by atomic mass is 35.5. The number of halogens is 4. The van der Waals surface area contributed by atoms with Crippen LogP contribution in [-0.4, -0.2) is 52.4 Å². The molecule has 1 fully saturated rings. The van der Waals surface area contributed by atoms with E-state index >= 15 is 0 Å². The molecule has 4 N–H and O–H groups in total. The van der Waals surface area contributed by atoms with E-state index in [1.54, 1.807) is 0 Å². The Labute approximate surface area is 166 Å². The van der Waals surface area contributed by atoms with Gasteiger partial charge in [0.25, 0.3) is 0 Å². The normalized spacial score (nSPS) is 17.9. The summed E-state index contributed by atoms with van der Waals surface area (Å²) in [6.07, 6.45) is -3.48. The van der Waals surface area contributed by atoms with Crippen molar-refractivity contribution in [1.29, 1.82) is 0 Å². The highest BCUT2D eigenvalue weighted by Gasteiger charge is 2.38. The number of nitrogens with zero attached hydrogens (tertiary/aromatic N) is 1. The molecule has 0 spiro atoms. The SMILES string of the molecule is CCC(c1ccc(Cl)cc1)N1CCC(C(O)C(N)=O)CC1.O=C(O)C(F)(F)F. The van der Waals surface area contributed by atoms with E-state index in [9.17, 15) is 23.1 Å². The predicted molar refractivity (Wildman–Crippen MR) is 97.7 cm³/mol. The molecule has 0 saturated carbocycles. The Hall–Kier alpha value is -1.84. The number of aliphatic carboxylic acids is 1. The zero-order valence-electron chi connectivity index (χ0n) is 15.3. The molecule has 0 bridgehead atoms. The third-order valence-corrected chi connectivity index (χ3v) is 4.89. The van der Waals surface area contributed by atoms with Crippen LogP contribution in [0.15, 0.2) is 24.3 Å². The minimum Gasteiger partial charge on any atom is -0.475 e. The predicted octanol–water partition coefficient (Wildman–Crippen LogP) is 2.98. The Morgan fingerprint density at radius 3 is 2.07 bits per heavy atom. The van der Waals surface area contributed by atoms with Crippen LogP contribution in [0, 0.1) is 5.92 Å². The van der Waals surface area contributed by atoms with E-state index in [2.05, 4.69) is 24.0 Å². The van der Waals surface area contributed by atoms with Gasteiger partial charge in [0, 0.05) is 11.1 Å². The maximum absolute atomic E-state index is 11.1.